The summed E-state index contributed by atoms with van der Waals surface area (Å²) in [4.78, 5) is 23.7. The number of nitrogens with two attached hydrogens (primary N) is 1. The molecule has 0 aromatic heterocycles. The largest absolute Gasteiger partial charge is 0.346 e. The van der Waals surface area contributed by atoms with Gasteiger partial charge in [-0.1, -0.05) is 0 Å². The molecule has 0 aromatic carbocycles. The van der Waals surface area contributed by atoms with Crippen LogP contribution >= 0.6 is 0 Å². The lowest BCUT2D eigenvalue weighted by atomic mass is 10.4. The number of hydrogen-bond donors (Lipinski definition) is 2. The van der Waals surface area contributed by atoms with E-state index in [0.29, 0.717) is 6.04 Å². The zero-order valence-electron chi connectivity index (χ0n) is 7.75. The fraction of sp³-hybridized carbons (Fsp3) is 0.750. The highest BCUT2D eigenvalue weighted by Crippen LogP contribution is 2.24. The summed E-state index contributed by atoms with van der Waals surface area (Å²) in [6.07, 6.45) is 2.15. The quantitative estimate of drug-likeness (QED) is 0.570. The number of carbonyl (C=O) groups is 2. The van der Waals surface area contributed by atoms with Crippen molar-refractivity contribution in [2.45, 2.75) is 18.9 Å². The molecule has 0 aromatic rings. The molecule has 0 aliphatic heterocycles. The fourth-order valence-corrected chi connectivity index (χ4v) is 1.04. The van der Waals surface area contributed by atoms with Crippen molar-refractivity contribution in [2.24, 2.45) is 5.73 Å². The summed E-state index contributed by atoms with van der Waals surface area (Å²) in [7, 11) is 1.76. The van der Waals surface area contributed by atoms with E-state index in [2.05, 4.69) is 5.32 Å². The molecule has 1 saturated carbocycles. The van der Waals surface area contributed by atoms with E-state index in [1.54, 1.807) is 11.9 Å². The highest BCUT2D eigenvalue weighted by atomic mass is 16.2. The first-order valence-electron chi connectivity index (χ1n) is 4.37. The number of rotatable bonds is 4. The van der Waals surface area contributed by atoms with E-state index >= 15 is 0 Å². The Kier molecular flexibility index (Phi) is 3.25. The molecule has 5 nitrogen and oxygen atoms in total. The van der Waals surface area contributed by atoms with Gasteiger partial charge >= 0.3 is 0 Å². The van der Waals surface area contributed by atoms with Crippen LogP contribution in [0.25, 0.3) is 0 Å². The standard InChI is InChI=1S/C8H15N3O2/c1-11(6-2-3-6)8(13)5-10-7(12)4-9/h6H,2-5,9H2,1H3,(H,10,12). The third-order valence-corrected chi connectivity index (χ3v) is 2.11. The fourth-order valence-electron chi connectivity index (χ4n) is 1.04. The lowest BCUT2D eigenvalue weighted by molar-refractivity contribution is -0.131. The second-order valence-electron chi connectivity index (χ2n) is 3.22. The van der Waals surface area contributed by atoms with Crippen LogP contribution in [0, 0.1) is 0 Å². The first-order valence-corrected chi connectivity index (χ1v) is 4.37. The molecule has 0 spiro atoms. The zero-order valence-corrected chi connectivity index (χ0v) is 7.75. The molecule has 1 aliphatic carbocycles. The maximum absolute atomic E-state index is 11.3. The Hall–Kier alpha value is -1.10. The third kappa shape index (κ3) is 3.02. The highest BCUT2D eigenvalue weighted by Gasteiger charge is 2.29. The zero-order chi connectivity index (χ0) is 9.84. The first kappa shape index (κ1) is 9.98. The van der Waals surface area contributed by atoms with E-state index in [9.17, 15) is 9.59 Å². The van der Waals surface area contributed by atoms with Crippen LogP contribution in [-0.4, -0.2) is 42.9 Å². The van der Waals surface area contributed by atoms with Crippen molar-refractivity contribution in [2.75, 3.05) is 20.1 Å². The van der Waals surface area contributed by atoms with Crippen molar-refractivity contribution in [3.8, 4) is 0 Å². The van der Waals surface area contributed by atoms with Gasteiger partial charge in [0.1, 0.15) is 0 Å². The monoisotopic (exact) mass is 185 g/mol. The molecule has 1 rings (SSSR count). The third-order valence-electron chi connectivity index (χ3n) is 2.11. The molecule has 2 amide bonds. The number of likely N-dealkylation sites (N-methyl/N-ethyl adjacent to an activating group) is 1. The second kappa shape index (κ2) is 4.23. The summed E-state index contributed by atoms with van der Waals surface area (Å²) in [5.74, 6) is -0.346. The summed E-state index contributed by atoms with van der Waals surface area (Å²) >= 11 is 0. The number of amides is 2. The summed E-state index contributed by atoms with van der Waals surface area (Å²) in [6.45, 7) is -0.0105. The van der Waals surface area contributed by atoms with Crippen LogP contribution in [0.15, 0.2) is 0 Å². The molecule has 0 saturated heterocycles. The Labute approximate surface area is 77.3 Å². The van der Waals surface area contributed by atoms with E-state index in [-0.39, 0.29) is 24.9 Å². The molecule has 1 aliphatic rings. The van der Waals surface area contributed by atoms with E-state index < -0.39 is 0 Å². The van der Waals surface area contributed by atoms with Crippen molar-refractivity contribution in [1.82, 2.24) is 10.2 Å². The minimum Gasteiger partial charge on any atom is -0.346 e. The Balaban J connectivity index is 2.20. The van der Waals surface area contributed by atoms with Gasteiger partial charge in [0, 0.05) is 13.1 Å². The van der Waals surface area contributed by atoms with Crippen LogP contribution in [-0.2, 0) is 9.59 Å². The summed E-state index contributed by atoms with van der Waals surface area (Å²) < 4.78 is 0. The van der Waals surface area contributed by atoms with Crippen LogP contribution in [0.3, 0.4) is 0 Å². The molecular weight excluding hydrogens is 170 g/mol. The predicted octanol–water partition coefficient (Wildman–Crippen LogP) is -1.32. The molecular formula is C8H15N3O2. The SMILES string of the molecule is CN(C(=O)CNC(=O)CN)C1CC1. The van der Waals surface area contributed by atoms with Crippen LogP contribution in [0.2, 0.25) is 0 Å². The molecule has 0 atom stereocenters. The Bertz CT molecular complexity index is 213. The molecule has 1 fully saturated rings. The van der Waals surface area contributed by atoms with Gasteiger partial charge in [0.05, 0.1) is 13.1 Å². The van der Waals surface area contributed by atoms with Gasteiger partial charge in [0.15, 0.2) is 0 Å². The van der Waals surface area contributed by atoms with E-state index in [1.807, 2.05) is 0 Å². The predicted molar refractivity (Wildman–Crippen MR) is 47.9 cm³/mol. The van der Waals surface area contributed by atoms with Gasteiger partial charge < -0.3 is 16.0 Å². The lowest BCUT2D eigenvalue weighted by Gasteiger charge is -2.16. The van der Waals surface area contributed by atoms with Crippen molar-refractivity contribution < 1.29 is 9.59 Å². The van der Waals surface area contributed by atoms with Gasteiger partial charge in [0.2, 0.25) is 11.8 Å². The summed E-state index contributed by atoms with van der Waals surface area (Å²) in [6, 6.07) is 0.391. The number of nitrogens with zero attached hydrogens (tertiary/aromatic N) is 1. The summed E-state index contributed by atoms with van der Waals surface area (Å²) in [5, 5.41) is 2.44. The molecule has 3 N–H and O–H groups in total. The Morgan fingerprint density at radius 2 is 2.15 bits per heavy atom. The van der Waals surface area contributed by atoms with Crippen molar-refractivity contribution in [3.05, 3.63) is 0 Å². The molecule has 13 heavy (non-hydrogen) atoms. The van der Waals surface area contributed by atoms with E-state index in [0.717, 1.165) is 12.8 Å². The number of nitrogens with one attached hydrogen (secondary N) is 1. The molecule has 0 heterocycles. The minimum absolute atomic E-state index is 0.0516. The van der Waals surface area contributed by atoms with Crippen LogP contribution in [0.1, 0.15) is 12.8 Å². The van der Waals surface area contributed by atoms with Gasteiger partial charge in [0.25, 0.3) is 0 Å². The van der Waals surface area contributed by atoms with Gasteiger partial charge in [-0.3, -0.25) is 9.59 Å². The lowest BCUT2D eigenvalue weighted by Crippen LogP contribution is -2.41. The van der Waals surface area contributed by atoms with Crippen molar-refractivity contribution >= 4 is 11.8 Å². The van der Waals surface area contributed by atoms with Crippen molar-refractivity contribution in [3.63, 3.8) is 0 Å². The summed E-state index contributed by atoms with van der Waals surface area (Å²) in [5.41, 5.74) is 5.07. The first-order chi connectivity index (χ1) is 6.15. The van der Waals surface area contributed by atoms with Gasteiger partial charge in [-0.15, -0.1) is 0 Å². The topological polar surface area (TPSA) is 75.4 Å². The maximum atomic E-state index is 11.3. The molecule has 0 bridgehead atoms. The number of carbonyl (C=O) groups excluding carboxylic acids is 2. The Morgan fingerprint density at radius 3 is 2.62 bits per heavy atom. The second-order valence-corrected chi connectivity index (χ2v) is 3.22. The van der Waals surface area contributed by atoms with Crippen LogP contribution in [0.5, 0.6) is 0 Å². The van der Waals surface area contributed by atoms with Crippen molar-refractivity contribution in [1.29, 1.82) is 0 Å². The van der Waals surface area contributed by atoms with Crippen LogP contribution < -0.4 is 11.1 Å². The highest BCUT2D eigenvalue weighted by molar-refractivity contribution is 5.85. The normalized spacial score (nSPS) is 15.2. The smallest absolute Gasteiger partial charge is 0.241 e. The average molecular weight is 185 g/mol. The molecule has 5 heteroatoms. The minimum atomic E-state index is -0.294. The van der Waals surface area contributed by atoms with Crippen LogP contribution in [0.4, 0.5) is 0 Å². The van der Waals surface area contributed by atoms with Gasteiger partial charge in [-0.05, 0) is 12.8 Å². The van der Waals surface area contributed by atoms with E-state index in [1.165, 1.54) is 0 Å². The maximum Gasteiger partial charge on any atom is 0.241 e. The number of hydrogen-bond acceptors (Lipinski definition) is 3. The molecule has 0 unspecified atom stereocenters. The van der Waals surface area contributed by atoms with Gasteiger partial charge in [-0.2, -0.15) is 0 Å². The Morgan fingerprint density at radius 1 is 1.54 bits per heavy atom. The molecule has 0 radical (unpaired) electrons. The molecule has 74 valence electrons. The van der Waals surface area contributed by atoms with Gasteiger partial charge in [-0.25, -0.2) is 0 Å². The average Bonchev–Trinajstić information content (AvgIpc) is 2.95. The van der Waals surface area contributed by atoms with E-state index in [4.69, 9.17) is 5.73 Å².